The summed E-state index contributed by atoms with van der Waals surface area (Å²) in [6, 6.07) is 2.78. The molecule has 2 N–H and O–H groups in total. The lowest BCUT2D eigenvalue weighted by Gasteiger charge is -2.12. The summed E-state index contributed by atoms with van der Waals surface area (Å²) in [5.74, 6) is 1.06. The van der Waals surface area contributed by atoms with Crippen LogP contribution in [-0.2, 0) is 20.3 Å². The number of nitrogens with one attached hydrogen (secondary N) is 2. The number of nitriles is 1. The number of nitrogens with zero attached hydrogens (tertiary/aromatic N) is 8. The average Bonchev–Trinajstić information content (AvgIpc) is 3.42. The Morgan fingerprint density at radius 3 is 2.55 bits per heavy atom. The molecule has 0 aromatic carbocycles. The third kappa shape index (κ3) is 4.01. The van der Waals surface area contributed by atoms with E-state index in [9.17, 15) is 23.2 Å². The van der Waals surface area contributed by atoms with Gasteiger partial charge < -0.3 is 24.5 Å². The lowest BCUT2D eigenvalue weighted by molar-refractivity contribution is -0.138. The second-order valence-corrected chi connectivity index (χ2v) is 8.32. The molecule has 0 aliphatic rings. The van der Waals surface area contributed by atoms with Gasteiger partial charge in [-0.05, 0) is 13.0 Å². The van der Waals surface area contributed by atoms with Crippen LogP contribution in [0.5, 0.6) is 11.5 Å². The summed E-state index contributed by atoms with van der Waals surface area (Å²) >= 11 is 0. The summed E-state index contributed by atoms with van der Waals surface area (Å²) in [6.07, 6.45) is 0.526. The van der Waals surface area contributed by atoms with Crippen LogP contribution in [0.2, 0.25) is 0 Å². The zero-order chi connectivity index (χ0) is 27.4. The van der Waals surface area contributed by atoms with Gasteiger partial charge in [-0.1, -0.05) is 0 Å². The molecule has 0 aliphatic heterocycles. The zero-order valence-electron chi connectivity index (χ0n) is 20.4. The van der Waals surface area contributed by atoms with Gasteiger partial charge in [0.2, 0.25) is 5.95 Å². The Labute approximate surface area is 211 Å². The van der Waals surface area contributed by atoms with Gasteiger partial charge in [-0.3, -0.25) is 4.79 Å². The second-order valence-electron chi connectivity index (χ2n) is 8.32. The topological polar surface area (TPSA) is 140 Å². The molecular formula is C23H19F3N10O2. The molecule has 0 radical (unpaired) electrons. The van der Waals surface area contributed by atoms with E-state index in [0.29, 0.717) is 35.0 Å². The number of imidazole rings is 1. The Morgan fingerprint density at radius 1 is 1.11 bits per heavy atom. The Hall–Kier alpha value is -5.13. The largest absolute Gasteiger partial charge is 0.450 e. The van der Waals surface area contributed by atoms with Crippen LogP contribution < -0.4 is 20.9 Å². The van der Waals surface area contributed by atoms with Gasteiger partial charge in [-0.2, -0.15) is 28.5 Å². The minimum atomic E-state index is -4.66. The molecule has 194 valence electrons. The van der Waals surface area contributed by atoms with Crippen molar-refractivity contribution in [2.75, 3.05) is 17.7 Å². The number of ether oxygens (including phenoxy) is 1. The first-order valence-corrected chi connectivity index (χ1v) is 11.0. The van der Waals surface area contributed by atoms with Crippen LogP contribution in [0, 0.1) is 18.3 Å². The number of aryl methyl sites for hydroxylation is 3. The smallest absolute Gasteiger partial charge is 0.417 e. The van der Waals surface area contributed by atoms with E-state index in [4.69, 9.17) is 4.74 Å². The summed E-state index contributed by atoms with van der Waals surface area (Å²) in [6.45, 7) is 1.79. The number of hydrogen-bond donors (Lipinski definition) is 2. The molecule has 5 rings (SSSR count). The first kappa shape index (κ1) is 24.6. The summed E-state index contributed by atoms with van der Waals surface area (Å²) in [4.78, 5) is 25.5. The van der Waals surface area contributed by atoms with E-state index in [1.54, 1.807) is 24.7 Å². The van der Waals surface area contributed by atoms with E-state index in [2.05, 4.69) is 36.8 Å². The molecule has 0 saturated carbocycles. The molecule has 38 heavy (non-hydrogen) atoms. The Kier molecular flexibility index (Phi) is 5.66. The fourth-order valence-electron chi connectivity index (χ4n) is 4.01. The van der Waals surface area contributed by atoms with Gasteiger partial charge in [-0.15, -0.1) is 0 Å². The number of aromatic nitrogens is 7. The van der Waals surface area contributed by atoms with Crippen molar-refractivity contribution in [1.82, 2.24) is 33.7 Å². The maximum atomic E-state index is 13.3. The van der Waals surface area contributed by atoms with Crippen molar-refractivity contribution in [2.45, 2.75) is 13.1 Å². The molecule has 12 nitrogen and oxygen atoms in total. The van der Waals surface area contributed by atoms with Crippen molar-refractivity contribution < 1.29 is 17.9 Å². The quantitative estimate of drug-likeness (QED) is 0.354. The number of halogens is 3. The van der Waals surface area contributed by atoms with Gasteiger partial charge in [0.1, 0.15) is 34.2 Å². The van der Waals surface area contributed by atoms with Crippen LogP contribution >= 0.6 is 0 Å². The van der Waals surface area contributed by atoms with Gasteiger partial charge in [-0.25, -0.2) is 14.5 Å². The molecule has 0 amide bonds. The van der Waals surface area contributed by atoms with E-state index in [0.717, 1.165) is 4.57 Å². The van der Waals surface area contributed by atoms with Gasteiger partial charge in [0, 0.05) is 27.3 Å². The normalized spacial score (nSPS) is 11.6. The van der Waals surface area contributed by atoms with Crippen LogP contribution in [0.25, 0.3) is 16.7 Å². The van der Waals surface area contributed by atoms with Gasteiger partial charge in [0.05, 0.1) is 29.8 Å². The molecule has 0 atom stereocenters. The van der Waals surface area contributed by atoms with E-state index in [1.165, 1.54) is 31.1 Å². The van der Waals surface area contributed by atoms with Gasteiger partial charge >= 0.3 is 6.18 Å². The molecule has 0 bridgehead atoms. The SMILES string of the molecule is CNc1cn2ncc(Oc3cnc4nc(Nc5cc(C(F)(F)F)cn(C)c5=O)n(C)c4c3C#N)c2c(C)n1. The van der Waals surface area contributed by atoms with Crippen LogP contribution in [0.1, 0.15) is 16.8 Å². The minimum absolute atomic E-state index is 0.00759. The first-order valence-electron chi connectivity index (χ1n) is 11.0. The average molecular weight is 524 g/mol. The monoisotopic (exact) mass is 524 g/mol. The van der Waals surface area contributed by atoms with Crippen LogP contribution in [-0.4, -0.2) is 40.7 Å². The Balaban J connectivity index is 1.57. The number of alkyl halides is 3. The third-order valence-corrected chi connectivity index (χ3v) is 5.85. The van der Waals surface area contributed by atoms with Crippen molar-refractivity contribution in [3.05, 3.63) is 58.0 Å². The highest BCUT2D eigenvalue weighted by Crippen LogP contribution is 2.34. The lowest BCUT2D eigenvalue weighted by Crippen LogP contribution is -2.23. The Bertz CT molecular complexity index is 1830. The van der Waals surface area contributed by atoms with E-state index >= 15 is 0 Å². The molecule has 0 spiro atoms. The number of fused-ring (bicyclic) bond motifs is 2. The van der Waals surface area contributed by atoms with E-state index in [-0.39, 0.29) is 34.1 Å². The number of rotatable bonds is 5. The molecule has 0 saturated heterocycles. The van der Waals surface area contributed by atoms with Crippen molar-refractivity contribution in [3.63, 3.8) is 0 Å². The van der Waals surface area contributed by atoms with Gasteiger partial charge in [0.15, 0.2) is 17.1 Å². The fourth-order valence-corrected chi connectivity index (χ4v) is 4.01. The predicted octanol–water partition coefficient (Wildman–Crippen LogP) is 3.49. The summed E-state index contributed by atoms with van der Waals surface area (Å²) < 4.78 is 49.7. The van der Waals surface area contributed by atoms with Crippen molar-refractivity contribution in [3.8, 4) is 17.6 Å². The summed E-state index contributed by atoms with van der Waals surface area (Å²) in [5, 5.41) is 19.8. The van der Waals surface area contributed by atoms with Crippen molar-refractivity contribution in [2.24, 2.45) is 14.1 Å². The molecular weight excluding hydrogens is 505 g/mol. The van der Waals surface area contributed by atoms with Crippen LogP contribution in [0.15, 0.2) is 35.6 Å². The number of pyridine rings is 2. The molecule has 0 aliphatic carbocycles. The fraction of sp³-hybridized carbons (Fsp3) is 0.217. The molecule has 5 heterocycles. The highest BCUT2D eigenvalue weighted by molar-refractivity contribution is 5.84. The maximum Gasteiger partial charge on any atom is 0.417 e. The highest BCUT2D eigenvalue weighted by Gasteiger charge is 2.32. The van der Waals surface area contributed by atoms with Crippen molar-refractivity contribution >= 4 is 34.1 Å². The number of anilines is 3. The first-order chi connectivity index (χ1) is 18.0. The van der Waals surface area contributed by atoms with Crippen LogP contribution in [0.4, 0.5) is 30.6 Å². The molecule has 5 aromatic rings. The maximum absolute atomic E-state index is 13.3. The van der Waals surface area contributed by atoms with Gasteiger partial charge in [0.25, 0.3) is 5.56 Å². The molecule has 0 fully saturated rings. The lowest BCUT2D eigenvalue weighted by atomic mass is 10.2. The molecule has 15 heteroatoms. The van der Waals surface area contributed by atoms with E-state index < -0.39 is 17.3 Å². The van der Waals surface area contributed by atoms with E-state index in [1.807, 2.05) is 0 Å². The standard InChI is InChI=1S/C23H19F3N10O2/c1-11-18-16(8-30-36(18)10-17(28-2)31-11)38-15-7-29-20-19(13(15)6-27)35(4)22(33-20)32-14-5-12(23(24,25)26)9-34(3)21(14)37/h5,7-10,28H,1-4H3,(H,29,32,33). The molecule has 0 unspecified atom stereocenters. The zero-order valence-corrected chi connectivity index (χ0v) is 20.4. The van der Waals surface area contributed by atoms with Crippen molar-refractivity contribution in [1.29, 1.82) is 5.26 Å². The minimum Gasteiger partial charge on any atom is -0.450 e. The second kappa shape index (κ2) is 8.76. The number of hydrogen-bond acceptors (Lipinski definition) is 9. The highest BCUT2D eigenvalue weighted by atomic mass is 19.4. The predicted molar refractivity (Wildman–Crippen MR) is 131 cm³/mol. The molecule has 5 aromatic heterocycles. The third-order valence-electron chi connectivity index (χ3n) is 5.85. The summed E-state index contributed by atoms with van der Waals surface area (Å²) in [5.41, 5.74) is -0.377. The van der Waals surface area contributed by atoms with Crippen LogP contribution in [0.3, 0.4) is 0 Å². The summed E-state index contributed by atoms with van der Waals surface area (Å²) in [7, 11) is 4.48. The Morgan fingerprint density at radius 2 is 1.87 bits per heavy atom.